The fourth-order valence-corrected chi connectivity index (χ4v) is 6.71. The highest BCUT2D eigenvalue weighted by Gasteiger charge is 2.28. The molecule has 2 aromatic carbocycles. The molecule has 4 heterocycles. The number of nitrogens with two attached hydrogens (primary N) is 2. The second-order valence-electron chi connectivity index (χ2n) is 12.7. The number of carboxylic acid groups (broad SMARTS) is 1. The van der Waals surface area contributed by atoms with Gasteiger partial charge in [0.15, 0.2) is 13.2 Å². The maximum Gasteiger partial charge on any atom is 0.341 e. The number of ether oxygens (including phenoxy) is 2. The molecule has 0 fully saturated rings. The molecule has 0 saturated heterocycles. The highest BCUT2D eigenvalue weighted by Crippen LogP contribution is 2.34. The normalized spacial score (nSPS) is 11.0. The van der Waals surface area contributed by atoms with E-state index in [9.17, 15) is 37.2 Å². The molecule has 6 aromatic rings. The molecule has 58 heavy (non-hydrogen) atoms. The molecule has 0 radical (unpaired) electrons. The molecule has 4 aromatic heterocycles. The molecule has 0 spiro atoms. The summed E-state index contributed by atoms with van der Waals surface area (Å²) in [6.45, 7) is 2.91. The van der Waals surface area contributed by atoms with Gasteiger partial charge < -0.3 is 35.2 Å². The lowest BCUT2D eigenvalue weighted by Crippen LogP contribution is -2.33. The molecule has 6 rings (SSSR count). The predicted molar refractivity (Wildman–Crippen MR) is 209 cm³/mol. The number of hydrogen-bond acceptors (Lipinski definition) is 12. The van der Waals surface area contributed by atoms with Crippen molar-refractivity contribution in [2.75, 3.05) is 19.5 Å². The number of Topliss-reactive ketones (excluding diaryl/α,β-unsaturated/α-hetero) is 2. The summed E-state index contributed by atoms with van der Waals surface area (Å²) in [5, 5.41) is 9.36. The van der Waals surface area contributed by atoms with Crippen molar-refractivity contribution in [3.8, 4) is 11.8 Å². The summed E-state index contributed by atoms with van der Waals surface area (Å²) >= 11 is 0. The number of carbonyl (C=O) groups is 6. The molecule has 0 saturated carbocycles. The minimum Gasteiger partial charge on any atom is -0.479 e. The number of aliphatic carboxylic acids is 1. The lowest BCUT2D eigenvalue weighted by atomic mass is 10.1. The number of aromatic nitrogens is 4. The van der Waals surface area contributed by atoms with Crippen LogP contribution in [0.15, 0.2) is 85.2 Å². The minimum absolute atomic E-state index is 0.0186. The predicted octanol–water partition coefficient (Wildman–Crippen LogP) is 2.04. The Bertz CT molecular complexity index is 2690. The van der Waals surface area contributed by atoms with Gasteiger partial charge in [0.25, 0.3) is 29.3 Å². The Morgan fingerprint density at radius 2 is 1.07 bits per heavy atom. The monoisotopic (exact) mass is 811 g/mol. The number of carboxylic acids is 1. The van der Waals surface area contributed by atoms with Crippen molar-refractivity contribution in [1.82, 2.24) is 23.8 Å². The molecule has 0 atom stereocenters. The van der Waals surface area contributed by atoms with Gasteiger partial charge in [0, 0.05) is 36.9 Å². The Labute approximate surface area is 330 Å². The first kappa shape index (κ1) is 41.7. The fourth-order valence-electron chi connectivity index (χ4n) is 6.24. The van der Waals surface area contributed by atoms with Gasteiger partial charge in [-0.1, -0.05) is 60.7 Å². The average Bonchev–Trinajstić information content (AvgIpc) is 3.62. The van der Waals surface area contributed by atoms with Gasteiger partial charge in [0.05, 0.1) is 39.2 Å². The van der Waals surface area contributed by atoms with E-state index >= 15 is 0 Å². The van der Waals surface area contributed by atoms with Crippen LogP contribution in [0.2, 0.25) is 0 Å². The van der Waals surface area contributed by atoms with Crippen LogP contribution in [0, 0.1) is 13.8 Å². The first-order valence-corrected chi connectivity index (χ1v) is 19.1. The summed E-state index contributed by atoms with van der Waals surface area (Å²) in [6.07, 6.45) is 3.71. The van der Waals surface area contributed by atoms with E-state index < -0.39 is 58.5 Å². The lowest BCUT2D eigenvalue weighted by molar-refractivity contribution is -0.139. The van der Waals surface area contributed by atoms with Gasteiger partial charge in [-0.05, 0) is 37.1 Å². The minimum atomic E-state index is -3.76. The van der Waals surface area contributed by atoms with E-state index in [1.54, 1.807) is 30.7 Å². The average molecular weight is 812 g/mol. The first-order valence-electron chi connectivity index (χ1n) is 17.2. The second-order valence-corrected chi connectivity index (χ2v) is 14.5. The van der Waals surface area contributed by atoms with Gasteiger partial charge in [-0.25, -0.2) is 23.2 Å². The maximum absolute atomic E-state index is 12.6. The van der Waals surface area contributed by atoms with E-state index in [0.29, 0.717) is 35.5 Å². The van der Waals surface area contributed by atoms with Gasteiger partial charge in [-0.3, -0.25) is 28.7 Å². The number of fused-ring (bicyclic) bond motifs is 2. The molecule has 0 aliphatic rings. The molecule has 0 unspecified atom stereocenters. The Hall–Kier alpha value is -7.41. The molecule has 0 aliphatic carbocycles. The molecule has 0 aliphatic heterocycles. The third-order valence-corrected chi connectivity index (χ3v) is 9.24. The zero-order valence-corrected chi connectivity index (χ0v) is 32.1. The number of carbonyl (C=O) groups excluding carboxylic acids is 5. The van der Waals surface area contributed by atoms with Crippen LogP contribution in [0.5, 0.6) is 11.8 Å². The third-order valence-electron chi connectivity index (χ3n) is 8.64. The van der Waals surface area contributed by atoms with Gasteiger partial charge in [-0.2, -0.15) is 0 Å². The number of nitrogens with zero attached hydrogens (tertiary/aromatic N) is 4. The highest BCUT2D eigenvalue weighted by atomic mass is 32.2. The number of rotatable bonds is 15. The number of pyridine rings is 2. The number of sulfonamides is 1. The van der Waals surface area contributed by atoms with E-state index in [2.05, 4.69) is 9.97 Å². The van der Waals surface area contributed by atoms with Gasteiger partial charge in [-0.15, -0.1) is 0 Å². The number of benzene rings is 2. The largest absolute Gasteiger partial charge is 0.479 e. The topological polar surface area (TPSA) is 275 Å². The zero-order chi connectivity index (χ0) is 42.3. The van der Waals surface area contributed by atoms with E-state index in [0.717, 1.165) is 17.4 Å². The van der Waals surface area contributed by atoms with Crippen molar-refractivity contribution in [2.24, 2.45) is 11.5 Å². The molecular weight excluding hydrogens is 775 g/mol. The van der Waals surface area contributed by atoms with Crippen molar-refractivity contribution in [3.63, 3.8) is 0 Å². The molecular formula is C39H37N7O11S. The zero-order valence-electron chi connectivity index (χ0n) is 31.3. The van der Waals surface area contributed by atoms with Crippen molar-refractivity contribution < 1.29 is 51.8 Å². The Morgan fingerprint density at radius 1 is 0.672 bits per heavy atom. The van der Waals surface area contributed by atoms with Crippen LogP contribution >= 0.6 is 0 Å². The summed E-state index contributed by atoms with van der Waals surface area (Å²) in [5.74, 6) is -6.28. The summed E-state index contributed by atoms with van der Waals surface area (Å²) in [4.78, 5) is 79.0. The van der Waals surface area contributed by atoms with Crippen LogP contribution in [0.3, 0.4) is 0 Å². The molecule has 19 heteroatoms. The number of nitrogens with one attached hydrogen (secondary N) is 1. The fraction of sp³-hybridized carbons (Fsp3) is 0.179. The van der Waals surface area contributed by atoms with Crippen LogP contribution < -0.4 is 25.7 Å². The van der Waals surface area contributed by atoms with Crippen LogP contribution in [0.25, 0.3) is 21.8 Å². The van der Waals surface area contributed by atoms with Crippen LogP contribution in [0.4, 0.5) is 0 Å². The van der Waals surface area contributed by atoms with Gasteiger partial charge >= 0.3 is 5.97 Å². The number of hydrogen-bond donors (Lipinski definition) is 4. The number of ketones is 2. The van der Waals surface area contributed by atoms with Crippen molar-refractivity contribution in [3.05, 3.63) is 119 Å². The van der Waals surface area contributed by atoms with Crippen LogP contribution in [-0.4, -0.2) is 87.4 Å². The van der Waals surface area contributed by atoms with Gasteiger partial charge in [0.2, 0.25) is 21.8 Å². The second kappa shape index (κ2) is 17.6. The standard InChI is InChI=1S/C20H20N4O6S.C19H17N3O5/c1-12-16(18(26)19(21)27)17-14(24(12)10-13-6-4-3-5-7-13)8-9-22-20(17)30-11-15(25)23-31(2,28)29;1-11-15(17(25)18(20)26)16-13(7-8-21-19(16)27-10-14(23)24)22(11)9-12-5-3-2-4-6-12/h3-9H,10-11H2,1-2H3,(H2,21,27)(H,23,25);2-8H,9-10H2,1H3,(H2,20,26)(H,23,24). The molecule has 300 valence electrons. The SMILES string of the molecule is Cc1c(C(=O)C(N)=O)c2c(OCC(=O)NS(C)(=O)=O)nccc2n1Cc1ccccc1.Cc1c(C(=O)C(N)=O)c2c(OCC(=O)O)nccc2n1Cc1ccccc1. The van der Waals surface area contributed by atoms with Crippen LogP contribution in [-0.2, 0) is 42.3 Å². The molecule has 6 N–H and O–H groups in total. The quantitative estimate of drug-likeness (QED) is 0.0855. The molecule has 0 bridgehead atoms. The molecule has 18 nitrogen and oxygen atoms in total. The Balaban J connectivity index is 0.000000223. The van der Waals surface area contributed by atoms with Gasteiger partial charge in [0.1, 0.15) is 0 Å². The summed E-state index contributed by atoms with van der Waals surface area (Å²) < 4.78 is 38.5. The van der Waals surface area contributed by atoms with Crippen molar-refractivity contribution in [1.29, 1.82) is 0 Å². The smallest absolute Gasteiger partial charge is 0.341 e. The molecule has 3 amide bonds. The summed E-state index contributed by atoms with van der Waals surface area (Å²) in [6, 6.07) is 22.3. The maximum atomic E-state index is 12.6. The van der Waals surface area contributed by atoms with E-state index in [1.165, 1.54) is 12.4 Å². The van der Waals surface area contributed by atoms with Crippen molar-refractivity contribution in [2.45, 2.75) is 26.9 Å². The third kappa shape index (κ3) is 9.51. The van der Waals surface area contributed by atoms with Crippen molar-refractivity contribution >= 4 is 67.1 Å². The van der Waals surface area contributed by atoms with E-state index in [4.69, 9.17) is 26.0 Å². The number of primary amides is 2. The number of amides is 3. The summed E-state index contributed by atoms with van der Waals surface area (Å²) in [5.41, 5.74) is 14.6. The lowest BCUT2D eigenvalue weighted by Gasteiger charge is -2.09. The van der Waals surface area contributed by atoms with E-state index in [-0.39, 0.29) is 33.7 Å². The Morgan fingerprint density at radius 3 is 1.43 bits per heavy atom. The first-order chi connectivity index (χ1) is 27.5. The van der Waals surface area contributed by atoms with E-state index in [1.807, 2.05) is 69.8 Å². The summed E-state index contributed by atoms with van der Waals surface area (Å²) in [7, 11) is -3.76. The highest BCUT2D eigenvalue weighted by molar-refractivity contribution is 7.89. The Kier molecular flexibility index (Phi) is 12.7. The van der Waals surface area contributed by atoms with Crippen LogP contribution in [0.1, 0.15) is 43.2 Å².